The van der Waals surface area contributed by atoms with E-state index in [-0.39, 0.29) is 0 Å². The number of nitrogens with zero attached hydrogens (tertiary/aromatic N) is 2. The summed E-state index contributed by atoms with van der Waals surface area (Å²) in [6, 6.07) is 6.86. The summed E-state index contributed by atoms with van der Waals surface area (Å²) in [5, 5.41) is 3.37. The van der Waals surface area contributed by atoms with E-state index in [4.69, 9.17) is 9.82 Å². The van der Waals surface area contributed by atoms with Gasteiger partial charge in [0.2, 0.25) is 5.60 Å². The highest BCUT2D eigenvalue weighted by atomic mass is 32.1. The predicted octanol–water partition coefficient (Wildman–Crippen LogP) is 7.28. The number of aryl methyl sites for hydroxylation is 1. The van der Waals surface area contributed by atoms with Crippen LogP contribution in [-0.4, -0.2) is 28.3 Å². The number of thiazole rings is 1. The molecule has 5 heteroatoms. The number of rotatable bonds is 5. The van der Waals surface area contributed by atoms with Gasteiger partial charge >= 0.3 is 0 Å². The molecule has 2 atom stereocenters. The van der Waals surface area contributed by atoms with Crippen molar-refractivity contribution in [3.8, 4) is 0 Å². The van der Waals surface area contributed by atoms with Gasteiger partial charge in [0.05, 0.1) is 11.4 Å². The van der Waals surface area contributed by atoms with Crippen LogP contribution in [0.15, 0.2) is 47.0 Å². The van der Waals surface area contributed by atoms with Crippen molar-refractivity contribution in [1.82, 2.24) is 4.98 Å². The minimum atomic E-state index is -0.428. The molecule has 1 aromatic carbocycles. The first-order valence-corrected chi connectivity index (χ1v) is 14.3. The van der Waals surface area contributed by atoms with Gasteiger partial charge in [-0.15, -0.1) is 17.1 Å². The normalized spacial score (nSPS) is 23.9. The van der Waals surface area contributed by atoms with Crippen LogP contribution in [0, 0.1) is 0 Å². The molecule has 0 bridgehead atoms. The number of benzene rings is 1. The number of Topliss-reactive ketones (excluding diaryl/α,β-unsaturated/α-hetero) is 1. The molecule has 0 radical (unpaired) electrons. The molecule has 3 aliphatic rings. The van der Waals surface area contributed by atoms with Crippen molar-refractivity contribution < 1.29 is 14.4 Å². The Hall–Kier alpha value is -2.75. The van der Waals surface area contributed by atoms with Crippen LogP contribution in [-0.2, 0) is 21.7 Å². The quantitative estimate of drug-likeness (QED) is 0.319. The van der Waals surface area contributed by atoms with Crippen LogP contribution in [0.4, 0.5) is 0 Å². The topological polar surface area (TPSA) is 42.2 Å². The Kier molecular flexibility index (Phi) is 7.14. The molecule has 0 saturated carbocycles. The standard InChI is InChI=1S/C31H37N2O2S/c1-5-9-21-10-7-11-22-16-17-25(18-26(21)22)31(3)19-28(33(4)35-31)27-20-36-30(32-27)24-13-8-12-23(14-15-24)29(34)6-2/h5,12,16-18,20,24H,6-8,10-11,13-15,19H2,1-4H3/q+1. The number of carbonyl (C=O) groups is 1. The zero-order valence-electron chi connectivity index (χ0n) is 22.0. The number of aromatic nitrogens is 1. The summed E-state index contributed by atoms with van der Waals surface area (Å²) in [5.41, 5.74) is 11.5. The molecule has 1 aliphatic heterocycles. The Balaban J connectivity index is 1.34. The van der Waals surface area contributed by atoms with Gasteiger partial charge in [-0.1, -0.05) is 25.1 Å². The molecule has 4 nitrogen and oxygen atoms in total. The van der Waals surface area contributed by atoms with E-state index in [0.717, 1.165) is 61.9 Å². The number of hydroxylamine groups is 1. The molecular weight excluding hydrogens is 464 g/mol. The Morgan fingerprint density at radius 3 is 2.97 bits per heavy atom. The fourth-order valence-corrected chi connectivity index (χ4v) is 6.92. The van der Waals surface area contributed by atoms with E-state index in [1.54, 1.807) is 11.3 Å². The third-order valence-corrected chi connectivity index (χ3v) is 8.98. The van der Waals surface area contributed by atoms with Gasteiger partial charge in [-0.2, -0.15) is 0 Å². The van der Waals surface area contributed by atoms with Crippen molar-refractivity contribution in [2.24, 2.45) is 0 Å². The van der Waals surface area contributed by atoms with Gasteiger partial charge in [-0.3, -0.25) is 9.63 Å². The molecule has 36 heavy (non-hydrogen) atoms. The maximum absolute atomic E-state index is 12.2. The van der Waals surface area contributed by atoms with E-state index >= 15 is 0 Å². The largest absolute Gasteiger partial charge is 0.295 e. The highest BCUT2D eigenvalue weighted by Crippen LogP contribution is 2.40. The van der Waals surface area contributed by atoms with Crippen LogP contribution in [0.5, 0.6) is 0 Å². The van der Waals surface area contributed by atoms with Crippen molar-refractivity contribution in [3.05, 3.63) is 74.4 Å². The van der Waals surface area contributed by atoms with Gasteiger partial charge in [0.25, 0.3) is 5.71 Å². The number of hydrogen-bond donors (Lipinski definition) is 0. The Labute approximate surface area is 219 Å². The molecule has 0 amide bonds. The summed E-state index contributed by atoms with van der Waals surface area (Å²) in [5.74, 6) is 0.713. The van der Waals surface area contributed by atoms with Gasteiger partial charge in [0, 0.05) is 28.9 Å². The van der Waals surface area contributed by atoms with E-state index < -0.39 is 5.60 Å². The molecular formula is C31H37N2O2S+. The third-order valence-electron chi connectivity index (χ3n) is 7.97. The van der Waals surface area contributed by atoms with E-state index in [1.165, 1.54) is 33.7 Å². The van der Waals surface area contributed by atoms with Crippen molar-refractivity contribution in [2.45, 2.75) is 90.1 Å². The maximum Gasteiger partial charge on any atom is 0.258 e. The van der Waals surface area contributed by atoms with Gasteiger partial charge in [-0.25, -0.2) is 4.98 Å². The smallest absolute Gasteiger partial charge is 0.258 e. The first-order valence-electron chi connectivity index (χ1n) is 13.4. The summed E-state index contributed by atoms with van der Waals surface area (Å²) >= 11 is 1.75. The lowest BCUT2D eigenvalue weighted by Gasteiger charge is -2.23. The highest BCUT2D eigenvalue weighted by Gasteiger charge is 2.46. The number of allylic oxidation sites excluding steroid dienone is 3. The molecule has 2 aromatic rings. The predicted molar refractivity (Wildman–Crippen MR) is 147 cm³/mol. The van der Waals surface area contributed by atoms with Gasteiger partial charge in [-0.05, 0) is 92.4 Å². The van der Waals surface area contributed by atoms with E-state index in [9.17, 15) is 4.79 Å². The molecule has 1 aromatic heterocycles. The van der Waals surface area contributed by atoms with Crippen molar-refractivity contribution in [3.63, 3.8) is 0 Å². The fourth-order valence-electron chi connectivity index (χ4n) is 5.92. The molecule has 2 heterocycles. The van der Waals surface area contributed by atoms with Crippen LogP contribution in [0.2, 0.25) is 0 Å². The Bertz CT molecular complexity index is 1310. The molecule has 2 aliphatic carbocycles. The number of ketones is 1. The SMILES string of the molecule is CC=C=C1CCCc2ccc(C3(C)CC(c4csc(C5CCC=C(C(=O)CC)CC5)n4)=[N+](C)O3)cc21. The van der Waals surface area contributed by atoms with Crippen molar-refractivity contribution in [2.75, 3.05) is 7.05 Å². The average molecular weight is 502 g/mol. The van der Waals surface area contributed by atoms with Crippen LogP contribution in [0.1, 0.15) is 105 Å². The Morgan fingerprint density at radius 1 is 1.31 bits per heavy atom. The van der Waals surface area contributed by atoms with E-state index in [0.29, 0.717) is 18.1 Å². The molecule has 0 spiro atoms. The summed E-state index contributed by atoms with van der Waals surface area (Å²) in [6.07, 6.45) is 12.9. The molecule has 188 valence electrons. The average Bonchev–Trinajstić information content (AvgIpc) is 3.40. The molecule has 0 saturated heterocycles. The van der Waals surface area contributed by atoms with Gasteiger partial charge in [0.15, 0.2) is 12.8 Å². The zero-order valence-corrected chi connectivity index (χ0v) is 22.8. The summed E-state index contributed by atoms with van der Waals surface area (Å²) in [7, 11) is 2.00. The van der Waals surface area contributed by atoms with Crippen LogP contribution in [0.25, 0.3) is 5.57 Å². The molecule has 0 N–H and O–H groups in total. The van der Waals surface area contributed by atoms with Crippen LogP contribution < -0.4 is 0 Å². The van der Waals surface area contributed by atoms with Crippen LogP contribution in [0.3, 0.4) is 0 Å². The number of hydrogen-bond acceptors (Lipinski definition) is 4. The fraction of sp³-hybridized carbons (Fsp3) is 0.484. The van der Waals surface area contributed by atoms with Gasteiger partial charge < -0.3 is 0 Å². The van der Waals surface area contributed by atoms with E-state index in [1.807, 2.05) is 31.7 Å². The second-order valence-electron chi connectivity index (χ2n) is 10.5. The lowest BCUT2D eigenvalue weighted by atomic mass is 9.82. The van der Waals surface area contributed by atoms with E-state index in [2.05, 4.69) is 42.3 Å². The molecule has 5 rings (SSSR count). The van der Waals surface area contributed by atoms with Crippen molar-refractivity contribution >= 4 is 28.4 Å². The molecule has 0 fully saturated rings. The monoisotopic (exact) mass is 501 g/mol. The summed E-state index contributed by atoms with van der Waals surface area (Å²) in [4.78, 5) is 23.8. The Morgan fingerprint density at radius 2 is 2.17 bits per heavy atom. The third kappa shape index (κ3) is 4.79. The number of carbonyl (C=O) groups excluding carboxylic acids is 1. The molecule has 2 unspecified atom stereocenters. The second-order valence-corrected chi connectivity index (χ2v) is 11.4. The summed E-state index contributed by atoms with van der Waals surface area (Å²) in [6.45, 7) is 6.18. The highest BCUT2D eigenvalue weighted by molar-refractivity contribution is 7.09. The first kappa shape index (κ1) is 24.9. The minimum absolute atomic E-state index is 0.297. The summed E-state index contributed by atoms with van der Waals surface area (Å²) < 4.78 is 1.92. The number of fused-ring (bicyclic) bond motifs is 1. The zero-order chi connectivity index (χ0) is 25.3. The lowest BCUT2D eigenvalue weighted by Crippen LogP contribution is -2.24. The van der Waals surface area contributed by atoms with Gasteiger partial charge in [0.1, 0.15) is 5.69 Å². The van der Waals surface area contributed by atoms with Crippen molar-refractivity contribution in [1.29, 1.82) is 0 Å². The second kappa shape index (κ2) is 10.3. The lowest BCUT2D eigenvalue weighted by molar-refractivity contribution is -0.780. The van der Waals surface area contributed by atoms with Crippen LogP contribution >= 0.6 is 11.3 Å². The maximum atomic E-state index is 12.2. The first-order chi connectivity index (χ1) is 17.4. The minimum Gasteiger partial charge on any atom is -0.295 e.